The number of nitrogens with one attached hydrogen (secondary N) is 2. The number of benzene rings is 1. The Bertz CT molecular complexity index is 1280. The lowest BCUT2D eigenvalue weighted by molar-refractivity contribution is -0.153. The molecule has 2 N–H and O–H groups in total. The summed E-state index contributed by atoms with van der Waals surface area (Å²) in [7, 11) is 0. The van der Waals surface area contributed by atoms with Crippen LogP contribution in [0.25, 0.3) is 22.7 Å². The third-order valence-corrected chi connectivity index (χ3v) is 6.79. The number of likely N-dealkylation sites (tertiary alicyclic amines) is 1. The second-order valence-electron chi connectivity index (χ2n) is 9.52. The molecule has 196 valence electrons. The van der Waals surface area contributed by atoms with Crippen molar-refractivity contribution in [2.75, 3.05) is 19.7 Å². The molecule has 4 rings (SSSR count). The van der Waals surface area contributed by atoms with Gasteiger partial charge >= 0.3 is 5.97 Å². The van der Waals surface area contributed by atoms with Crippen LogP contribution in [0.4, 0.5) is 0 Å². The van der Waals surface area contributed by atoms with E-state index in [1.807, 2.05) is 45.0 Å². The highest BCUT2D eigenvalue weighted by Crippen LogP contribution is 2.32. The van der Waals surface area contributed by atoms with Crippen LogP contribution in [0.15, 0.2) is 40.9 Å². The van der Waals surface area contributed by atoms with Crippen LogP contribution in [0.2, 0.25) is 0 Å². The molecule has 0 radical (unpaired) electrons. The van der Waals surface area contributed by atoms with E-state index in [2.05, 4.69) is 20.5 Å². The van der Waals surface area contributed by atoms with Gasteiger partial charge in [-0.25, -0.2) is 4.98 Å². The molecule has 3 heterocycles. The van der Waals surface area contributed by atoms with Crippen LogP contribution in [-0.4, -0.2) is 63.6 Å². The van der Waals surface area contributed by atoms with Crippen molar-refractivity contribution in [3.05, 3.63) is 48.0 Å². The minimum Gasteiger partial charge on any atom is -0.466 e. The van der Waals surface area contributed by atoms with Gasteiger partial charge in [0.25, 0.3) is 11.8 Å². The maximum Gasteiger partial charge on any atom is 0.313 e. The Kier molecular flexibility index (Phi) is 7.75. The molecule has 10 nitrogen and oxygen atoms in total. The number of carbonyl (C=O) groups excluding carboxylic acids is 3. The molecule has 1 saturated heterocycles. The summed E-state index contributed by atoms with van der Waals surface area (Å²) in [6, 6.07) is 9.14. The molecule has 0 bridgehead atoms. The standard InChI is InChI=1S/C27H33N5O5/c1-5-19(6-2)29-23(33)22-15-28-24(37-22)18-10-8-9-17(13-18)20-14-21(31-30-20)25(34)32-12-11-27(4,16-32)26(35)36-7-3/h8-10,13-15,19H,5-7,11-12,16H2,1-4H3,(H,29,33)(H,30,31). The lowest BCUT2D eigenvalue weighted by atomic mass is 9.90. The first-order valence-corrected chi connectivity index (χ1v) is 12.7. The molecule has 1 atom stereocenters. The van der Waals surface area contributed by atoms with Crippen LogP contribution >= 0.6 is 0 Å². The average Bonchev–Trinajstić information content (AvgIpc) is 3.67. The maximum atomic E-state index is 13.1. The van der Waals surface area contributed by atoms with Gasteiger partial charge in [-0.05, 0) is 51.3 Å². The molecular formula is C27H33N5O5. The Balaban J connectivity index is 1.47. The Morgan fingerprint density at radius 2 is 1.95 bits per heavy atom. The van der Waals surface area contributed by atoms with Gasteiger partial charge in [0.1, 0.15) is 5.69 Å². The van der Waals surface area contributed by atoms with Crippen LogP contribution in [0, 0.1) is 5.41 Å². The first-order chi connectivity index (χ1) is 17.8. The van der Waals surface area contributed by atoms with Crippen LogP contribution in [0.3, 0.4) is 0 Å². The number of esters is 1. The van der Waals surface area contributed by atoms with E-state index in [1.165, 1.54) is 6.20 Å². The van der Waals surface area contributed by atoms with E-state index in [0.29, 0.717) is 49.0 Å². The van der Waals surface area contributed by atoms with Gasteiger partial charge in [-0.2, -0.15) is 5.10 Å². The number of ether oxygens (including phenoxy) is 1. The molecule has 0 saturated carbocycles. The molecule has 1 unspecified atom stereocenters. The van der Waals surface area contributed by atoms with Crippen molar-refractivity contribution < 1.29 is 23.5 Å². The second-order valence-corrected chi connectivity index (χ2v) is 9.52. The fourth-order valence-corrected chi connectivity index (χ4v) is 4.43. The predicted octanol–water partition coefficient (Wildman–Crippen LogP) is 4.07. The molecule has 3 aromatic rings. The van der Waals surface area contributed by atoms with Crippen LogP contribution < -0.4 is 5.32 Å². The molecule has 1 aromatic carbocycles. The van der Waals surface area contributed by atoms with E-state index < -0.39 is 5.41 Å². The minimum absolute atomic E-state index is 0.0837. The number of hydrogen-bond acceptors (Lipinski definition) is 7. The molecule has 0 spiro atoms. The van der Waals surface area contributed by atoms with Gasteiger partial charge in [0.2, 0.25) is 11.7 Å². The summed E-state index contributed by atoms with van der Waals surface area (Å²) in [6.07, 6.45) is 3.64. The van der Waals surface area contributed by atoms with Gasteiger partial charge in [-0.15, -0.1) is 0 Å². The zero-order valence-corrected chi connectivity index (χ0v) is 21.7. The summed E-state index contributed by atoms with van der Waals surface area (Å²) >= 11 is 0. The Morgan fingerprint density at radius 3 is 2.68 bits per heavy atom. The number of oxazole rings is 1. The SMILES string of the molecule is CCOC(=O)C1(C)CCN(C(=O)c2cc(-c3cccc(-c4ncc(C(=O)NC(CC)CC)o4)c3)n[nH]2)C1. The van der Waals surface area contributed by atoms with Crippen molar-refractivity contribution in [1.82, 2.24) is 25.4 Å². The van der Waals surface area contributed by atoms with Crippen molar-refractivity contribution in [3.8, 4) is 22.7 Å². The first-order valence-electron chi connectivity index (χ1n) is 12.7. The number of H-pyrrole nitrogens is 1. The first kappa shape index (κ1) is 26.1. The zero-order valence-electron chi connectivity index (χ0n) is 21.7. The van der Waals surface area contributed by atoms with E-state index in [0.717, 1.165) is 18.4 Å². The zero-order chi connectivity index (χ0) is 26.6. The number of carbonyl (C=O) groups is 3. The molecule has 1 aliphatic rings. The van der Waals surface area contributed by atoms with Crippen molar-refractivity contribution >= 4 is 17.8 Å². The summed E-state index contributed by atoms with van der Waals surface area (Å²) in [5.74, 6) is -0.321. The highest BCUT2D eigenvalue weighted by molar-refractivity contribution is 5.94. The number of aromatic nitrogens is 3. The fraction of sp³-hybridized carbons (Fsp3) is 0.444. The average molecular weight is 508 g/mol. The van der Waals surface area contributed by atoms with E-state index in [4.69, 9.17) is 9.15 Å². The molecule has 0 aliphatic carbocycles. The largest absolute Gasteiger partial charge is 0.466 e. The van der Waals surface area contributed by atoms with Gasteiger partial charge in [0.05, 0.1) is 23.9 Å². The van der Waals surface area contributed by atoms with Gasteiger partial charge in [-0.3, -0.25) is 19.5 Å². The predicted molar refractivity (Wildman–Crippen MR) is 137 cm³/mol. The molecule has 2 aromatic heterocycles. The molecule has 10 heteroatoms. The van der Waals surface area contributed by atoms with E-state index in [1.54, 1.807) is 17.9 Å². The summed E-state index contributed by atoms with van der Waals surface area (Å²) in [6.45, 7) is 8.71. The molecule has 1 fully saturated rings. The van der Waals surface area contributed by atoms with Crippen LogP contribution in [-0.2, 0) is 9.53 Å². The highest BCUT2D eigenvalue weighted by Gasteiger charge is 2.43. The fourth-order valence-electron chi connectivity index (χ4n) is 4.43. The number of rotatable bonds is 9. The van der Waals surface area contributed by atoms with Gasteiger partial charge in [0.15, 0.2) is 0 Å². The third kappa shape index (κ3) is 5.58. The van der Waals surface area contributed by atoms with Crippen molar-refractivity contribution in [3.63, 3.8) is 0 Å². The van der Waals surface area contributed by atoms with Gasteiger partial charge < -0.3 is 19.4 Å². The quantitative estimate of drug-likeness (QED) is 0.418. The maximum absolute atomic E-state index is 13.1. The monoisotopic (exact) mass is 507 g/mol. The molecule has 37 heavy (non-hydrogen) atoms. The van der Waals surface area contributed by atoms with E-state index in [9.17, 15) is 14.4 Å². The minimum atomic E-state index is -0.706. The smallest absolute Gasteiger partial charge is 0.313 e. The highest BCUT2D eigenvalue weighted by atomic mass is 16.5. The van der Waals surface area contributed by atoms with Gasteiger partial charge in [0, 0.05) is 30.3 Å². The molecular weight excluding hydrogens is 474 g/mol. The van der Waals surface area contributed by atoms with Crippen molar-refractivity contribution in [2.45, 2.75) is 53.0 Å². The Labute approximate surface area is 215 Å². The summed E-state index contributed by atoms with van der Waals surface area (Å²) in [5, 5.41) is 10.1. The second kappa shape index (κ2) is 11.0. The summed E-state index contributed by atoms with van der Waals surface area (Å²) in [5.41, 5.74) is 1.65. The number of amides is 2. The van der Waals surface area contributed by atoms with Crippen LogP contribution in [0.1, 0.15) is 68.0 Å². The lowest BCUT2D eigenvalue weighted by Crippen LogP contribution is -2.36. The van der Waals surface area contributed by atoms with Crippen LogP contribution in [0.5, 0.6) is 0 Å². The summed E-state index contributed by atoms with van der Waals surface area (Å²) in [4.78, 5) is 43.8. The molecule has 2 amide bonds. The molecule has 1 aliphatic heterocycles. The van der Waals surface area contributed by atoms with Crippen molar-refractivity contribution in [1.29, 1.82) is 0 Å². The lowest BCUT2D eigenvalue weighted by Gasteiger charge is -2.22. The third-order valence-electron chi connectivity index (χ3n) is 6.79. The Hall–Kier alpha value is -3.95. The Morgan fingerprint density at radius 1 is 1.19 bits per heavy atom. The van der Waals surface area contributed by atoms with E-state index >= 15 is 0 Å². The van der Waals surface area contributed by atoms with Crippen molar-refractivity contribution in [2.24, 2.45) is 5.41 Å². The summed E-state index contributed by atoms with van der Waals surface area (Å²) < 4.78 is 10.9. The van der Waals surface area contributed by atoms with E-state index in [-0.39, 0.29) is 29.6 Å². The normalized spacial score (nSPS) is 17.3. The number of hydrogen-bond donors (Lipinski definition) is 2. The number of nitrogens with zero attached hydrogens (tertiary/aromatic N) is 3. The topological polar surface area (TPSA) is 130 Å². The van der Waals surface area contributed by atoms with Gasteiger partial charge in [-0.1, -0.05) is 26.0 Å². The number of aromatic amines is 1.